The molecule has 0 aliphatic heterocycles. The summed E-state index contributed by atoms with van der Waals surface area (Å²) < 4.78 is 0. The van der Waals surface area contributed by atoms with Gasteiger partial charge in [0.25, 0.3) is 0 Å². The molecule has 1 rings (SSSR count). The maximum atomic E-state index is 11.9. The second kappa shape index (κ2) is 13.3. The molecule has 1 amide bonds. The van der Waals surface area contributed by atoms with Gasteiger partial charge >= 0.3 is 7.12 Å². The Labute approximate surface area is 150 Å². The number of nitrogens with one attached hydrogen (secondary N) is 1. The number of carbonyl (C=O) groups excluding carboxylic acids is 1. The summed E-state index contributed by atoms with van der Waals surface area (Å²) in [5.41, 5.74) is 0.987. The van der Waals surface area contributed by atoms with Gasteiger partial charge < -0.3 is 15.4 Å². The van der Waals surface area contributed by atoms with Crippen LogP contribution in [0.1, 0.15) is 57.8 Å². The molecule has 0 atom stereocenters. The van der Waals surface area contributed by atoms with Crippen LogP contribution in [0, 0.1) is 0 Å². The summed E-state index contributed by atoms with van der Waals surface area (Å²) in [5.74, 6) is 1.26. The highest BCUT2D eigenvalue weighted by Gasteiger charge is 2.11. The van der Waals surface area contributed by atoms with Crippen molar-refractivity contribution in [2.24, 2.45) is 0 Å². The smallest absolute Gasteiger partial charge is 0.423 e. The Bertz CT molecular complexity index is 471. The van der Waals surface area contributed by atoms with Gasteiger partial charge in [0, 0.05) is 12.1 Å². The first-order valence-corrected chi connectivity index (χ1v) is 10.3. The van der Waals surface area contributed by atoms with Crippen LogP contribution in [-0.2, 0) is 4.79 Å². The molecule has 134 valence electrons. The van der Waals surface area contributed by atoms with Gasteiger partial charge in [0.05, 0.1) is 0 Å². The zero-order valence-corrected chi connectivity index (χ0v) is 15.5. The molecule has 0 unspecified atom stereocenters. The third-order valence-electron chi connectivity index (χ3n) is 3.97. The van der Waals surface area contributed by atoms with Gasteiger partial charge in [0.15, 0.2) is 0 Å². The summed E-state index contributed by atoms with van der Waals surface area (Å²) in [4.78, 5) is 11.9. The molecule has 0 heterocycles. The number of hydrogen-bond donors (Lipinski definition) is 3. The number of benzene rings is 1. The second-order valence-corrected chi connectivity index (χ2v) is 7.10. The van der Waals surface area contributed by atoms with E-state index in [4.69, 9.17) is 10.0 Å². The normalized spacial score (nSPS) is 10.6. The average Bonchev–Trinajstić information content (AvgIpc) is 2.56. The molecule has 0 radical (unpaired) electrons. The van der Waals surface area contributed by atoms with Crippen molar-refractivity contribution in [2.75, 3.05) is 17.3 Å². The predicted octanol–water partition coefficient (Wildman–Crippen LogP) is 3.18. The molecule has 0 aliphatic carbocycles. The third-order valence-corrected chi connectivity index (χ3v) is 4.67. The molecular weight excluding hydrogens is 321 g/mol. The van der Waals surface area contributed by atoms with Crippen LogP contribution in [0.3, 0.4) is 0 Å². The average molecular weight is 351 g/mol. The highest BCUT2D eigenvalue weighted by atomic mass is 32.2. The van der Waals surface area contributed by atoms with Crippen molar-refractivity contribution in [3.05, 3.63) is 24.3 Å². The summed E-state index contributed by atoms with van der Waals surface area (Å²) in [6.07, 6.45) is 12.4. The predicted molar refractivity (Wildman–Crippen MR) is 105 cm³/mol. The van der Waals surface area contributed by atoms with Crippen LogP contribution in [0.2, 0.25) is 0 Å². The zero-order valence-electron chi connectivity index (χ0n) is 14.7. The molecule has 0 saturated carbocycles. The van der Waals surface area contributed by atoms with Crippen LogP contribution in [-0.4, -0.2) is 35.1 Å². The summed E-state index contributed by atoms with van der Waals surface area (Å²) in [6, 6.07) is 6.64. The topological polar surface area (TPSA) is 69.6 Å². The van der Waals surface area contributed by atoms with Gasteiger partial charge in [-0.2, -0.15) is 11.8 Å². The van der Waals surface area contributed by atoms with E-state index in [1.54, 1.807) is 24.3 Å². The molecule has 1 aromatic carbocycles. The molecule has 24 heavy (non-hydrogen) atoms. The quantitative estimate of drug-likeness (QED) is 0.377. The second-order valence-electron chi connectivity index (χ2n) is 6.12. The minimum absolute atomic E-state index is 0.0170. The number of rotatable bonds is 13. The minimum Gasteiger partial charge on any atom is -0.423 e. The number of hydrogen-bond acceptors (Lipinski definition) is 4. The van der Waals surface area contributed by atoms with E-state index in [1.807, 2.05) is 11.8 Å². The van der Waals surface area contributed by atoms with Crippen molar-refractivity contribution in [1.29, 1.82) is 0 Å². The molecule has 6 heteroatoms. The van der Waals surface area contributed by atoms with Gasteiger partial charge in [-0.3, -0.25) is 4.79 Å². The number of thioether (sulfide) groups is 1. The lowest BCUT2D eigenvalue weighted by Crippen LogP contribution is -2.30. The van der Waals surface area contributed by atoms with Crippen molar-refractivity contribution < 1.29 is 14.8 Å². The summed E-state index contributed by atoms with van der Waals surface area (Å²) in [6.45, 7) is 0. The van der Waals surface area contributed by atoms with E-state index in [0.717, 1.165) is 12.8 Å². The van der Waals surface area contributed by atoms with E-state index >= 15 is 0 Å². The molecule has 0 fully saturated rings. The van der Waals surface area contributed by atoms with E-state index in [9.17, 15) is 4.79 Å². The molecule has 1 aromatic rings. The number of amides is 1. The van der Waals surface area contributed by atoms with Crippen LogP contribution >= 0.6 is 11.8 Å². The fourth-order valence-corrected chi connectivity index (χ4v) is 3.09. The van der Waals surface area contributed by atoms with Crippen molar-refractivity contribution in [3.63, 3.8) is 0 Å². The van der Waals surface area contributed by atoms with Gasteiger partial charge in [-0.05, 0) is 42.4 Å². The Morgan fingerprint density at radius 1 is 1.04 bits per heavy atom. The fraction of sp³-hybridized carbons (Fsp3) is 0.611. The van der Waals surface area contributed by atoms with Gasteiger partial charge in [-0.25, -0.2) is 0 Å². The molecule has 0 aromatic heterocycles. The lowest BCUT2D eigenvalue weighted by molar-refractivity contribution is -0.116. The highest BCUT2D eigenvalue weighted by Crippen LogP contribution is 2.12. The van der Waals surface area contributed by atoms with Gasteiger partial charge in [0.2, 0.25) is 5.91 Å². The summed E-state index contributed by atoms with van der Waals surface area (Å²) >= 11 is 1.92. The largest absolute Gasteiger partial charge is 0.488 e. The molecule has 4 nitrogen and oxygen atoms in total. The van der Waals surface area contributed by atoms with Crippen molar-refractivity contribution in [1.82, 2.24) is 0 Å². The standard InChI is InChI=1S/C18H30BNO3S/c1-24-14-9-7-5-3-2-4-6-8-13-18(21)20-17-12-10-11-16(15-17)19(22)23/h10-12,15,22-23H,2-9,13-14H2,1H3,(H,20,21). The van der Waals surface area contributed by atoms with Crippen molar-refractivity contribution >= 4 is 35.9 Å². The van der Waals surface area contributed by atoms with Crippen LogP contribution in [0.15, 0.2) is 24.3 Å². The zero-order chi connectivity index (χ0) is 17.6. The number of unbranched alkanes of at least 4 members (excludes halogenated alkanes) is 7. The van der Waals surface area contributed by atoms with E-state index in [-0.39, 0.29) is 5.91 Å². The van der Waals surface area contributed by atoms with E-state index in [2.05, 4.69) is 11.6 Å². The highest BCUT2D eigenvalue weighted by molar-refractivity contribution is 7.98. The monoisotopic (exact) mass is 351 g/mol. The first kappa shape index (κ1) is 21.1. The van der Waals surface area contributed by atoms with E-state index < -0.39 is 7.12 Å². The first-order chi connectivity index (χ1) is 11.6. The lowest BCUT2D eigenvalue weighted by Gasteiger charge is -2.07. The SMILES string of the molecule is CSCCCCCCCCCCC(=O)Nc1cccc(B(O)O)c1. The maximum absolute atomic E-state index is 11.9. The molecular formula is C18H30BNO3S. The van der Waals surface area contributed by atoms with Gasteiger partial charge in [-0.15, -0.1) is 0 Å². The van der Waals surface area contributed by atoms with E-state index in [1.165, 1.54) is 44.3 Å². The number of carbonyl (C=O) groups is 1. The molecule has 3 N–H and O–H groups in total. The third kappa shape index (κ3) is 10.0. The Balaban J connectivity index is 2.05. The first-order valence-electron chi connectivity index (χ1n) is 8.88. The molecule has 0 spiro atoms. The Morgan fingerprint density at radius 2 is 1.67 bits per heavy atom. The molecule has 0 aliphatic rings. The Hall–Kier alpha value is -0.975. The Kier molecular flexibility index (Phi) is 11.7. The lowest BCUT2D eigenvalue weighted by atomic mass is 9.80. The maximum Gasteiger partial charge on any atom is 0.488 e. The fourth-order valence-electron chi connectivity index (χ4n) is 2.59. The van der Waals surface area contributed by atoms with Crippen LogP contribution in [0.25, 0.3) is 0 Å². The number of anilines is 1. The van der Waals surface area contributed by atoms with Gasteiger partial charge in [0.1, 0.15) is 0 Å². The summed E-state index contributed by atoms with van der Waals surface area (Å²) in [7, 11) is -1.51. The summed E-state index contributed by atoms with van der Waals surface area (Å²) in [5, 5.41) is 21.1. The van der Waals surface area contributed by atoms with Crippen LogP contribution in [0.4, 0.5) is 5.69 Å². The van der Waals surface area contributed by atoms with Gasteiger partial charge in [-0.1, -0.05) is 50.7 Å². The minimum atomic E-state index is -1.51. The van der Waals surface area contributed by atoms with Crippen LogP contribution < -0.4 is 10.8 Å². The molecule has 0 bridgehead atoms. The van der Waals surface area contributed by atoms with Crippen LogP contribution in [0.5, 0.6) is 0 Å². The van der Waals surface area contributed by atoms with Crippen molar-refractivity contribution in [2.45, 2.75) is 57.8 Å². The molecule has 0 saturated heterocycles. The Morgan fingerprint density at radius 3 is 2.29 bits per heavy atom. The van der Waals surface area contributed by atoms with Crippen molar-refractivity contribution in [3.8, 4) is 0 Å². The van der Waals surface area contributed by atoms with E-state index in [0.29, 0.717) is 17.6 Å².